The Labute approximate surface area is 86.1 Å². The van der Waals surface area contributed by atoms with Crippen LogP contribution in [0.25, 0.3) is 0 Å². The van der Waals surface area contributed by atoms with Gasteiger partial charge in [0.15, 0.2) is 0 Å². The maximum Gasteiger partial charge on any atom is 0.127 e. The van der Waals surface area contributed by atoms with Crippen molar-refractivity contribution >= 4 is 6.29 Å². The maximum absolute atomic E-state index is 11.1. The zero-order chi connectivity index (χ0) is 10.6. The van der Waals surface area contributed by atoms with E-state index in [4.69, 9.17) is 0 Å². The molecule has 1 rings (SSSR count). The van der Waals surface area contributed by atoms with Crippen LogP contribution in [0.2, 0.25) is 0 Å². The second kappa shape index (κ2) is 4.89. The van der Waals surface area contributed by atoms with Gasteiger partial charge in [0.1, 0.15) is 6.29 Å². The molecule has 0 spiro atoms. The number of hydrogen-bond donors (Lipinski definition) is 1. The Morgan fingerprint density at radius 1 is 1.50 bits per heavy atom. The summed E-state index contributed by atoms with van der Waals surface area (Å²) in [4.78, 5) is 13.3. The first-order valence-corrected chi connectivity index (χ1v) is 5.52. The maximum atomic E-state index is 11.1. The third-order valence-corrected chi connectivity index (χ3v) is 3.44. The highest BCUT2D eigenvalue weighted by atomic mass is 16.3. The fourth-order valence-electron chi connectivity index (χ4n) is 2.08. The molecule has 1 N–H and O–H groups in total. The van der Waals surface area contributed by atoms with E-state index in [1.165, 1.54) is 0 Å². The van der Waals surface area contributed by atoms with Crippen molar-refractivity contribution in [1.29, 1.82) is 0 Å². The van der Waals surface area contributed by atoms with Crippen LogP contribution >= 0.6 is 0 Å². The van der Waals surface area contributed by atoms with Gasteiger partial charge in [0.05, 0.1) is 6.10 Å². The predicted molar refractivity (Wildman–Crippen MR) is 56.1 cm³/mol. The fraction of sp³-hybridized carbons (Fsp3) is 0.909. The van der Waals surface area contributed by atoms with Crippen LogP contribution in [0.5, 0.6) is 0 Å². The number of nitrogens with zero attached hydrogens (tertiary/aromatic N) is 1. The van der Waals surface area contributed by atoms with Gasteiger partial charge in [-0.2, -0.15) is 0 Å². The van der Waals surface area contributed by atoms with E-state index in [9.17, 15) is 9.90 Å². The van der Waals surface area contributed by atoms with Crippen LogP contribution in [-0.4, -0.2) is 42.0 Å². The number of likely N-dealkylation sites (tertiary alicyclic amines) is 1. The highest BCUT2D eigenvalue weighted by Crippen LogP contribution is 2.26. The highest BCUT2D eigenvalue weighted by molar-refractivity contribution is 5.59. The summed E-state index contributed by atoms with van der Waals surface area (Å²) in [5.41, 5.74) is -0.190. The second-order valence-corrected chi connectivity index (χ2v) is 4.36. The van der Waals surface area contributed by atoms with E-state index in [2.05, 4.69) is 18.7 Å². The van der Waals surface area contributed by atoms with Crippen molar-refractivity contribution in [2.24, 2.45) is 5.41 Å². The van der Waals surface area contributed by atoms with Gasteiger partial charge in [-0.25, -0.2) is 0 Å². The number of aliphatic hydroxyl groups excluding tert-OH is 1. The van der Waals surface area contributed by atoms with Gasteiger partial charge in [-0.1, -0.05) is 13.8 Å². The topological polar surface area (TPSA) is 40.5 Å². The summed E-state index contributed by atoms with van der Waals surface area (Å²) in [6.45, 7) is 6.59. The zero-order valence-electron chi connectivity index (χ0n) is 9.20. The monoisotopic (exact) mass is 199 g/mol. The number of aldehydes is 1. The molecule has 0 aromatic rings. The molecule has 1 atom stereocenters. The molecule has 1 aliphatic rings. The minimum absolute atomic E-state index is 0.187. The van der Waals surface area contributed by atoms with Crippen LogP contribution in [0.1, 0.15) is 33.1 Å². The van der Waals surface area contributed by atoms with Gasteiger partial charge in [0.2, 0.25) is 0 Å². The molecular formula is C11H21NO2. The molecule has 0 bridgehead atoms. The van der Waals surface area contributed by atoms with E-state index < -0.39 is 0 Å². The molecule has 0 aliphatic carbocycles. The van der Waals surface area contributed by atoms with E-state index in [0.29, 0.717) is 0 Å². The van der Waals surface area contributed by atoms with Crippen molar-refractivity contribution in [3.05, 3.63) is 0 Å². The van der Waals surface area contributed by atoms with Gasteiger partial charge < -0.3 is 9.90 Å². The van der Waals surface area contributed by atoms with Gasteiger partial charge in [0, 0.05) is 25.0 Å². The average Bonchev–Trinajstić information content (AvgIpc) is 2.61. The van der Waals surface area contributed by atoms with E-state index in [-0.39, 0.29) is 11.5 Å². The number of β-amino-alcohol motifs (C(OH)–C–C–N with tert-alkyl or cyclic N) is 1. The Balaban J connectivity index is 2.51. The molecule has 0 amide bonds. The summed E-state index contributed by atoms with van der Waals surface area (Å²) >= 11 is 0. The molecular weight excluding hydrogens is 178 g/mol. The lowest BCUT2D eigenvalue weighted by atomic mass is 9.83. The largest absolute Gasteiger partial charge is 0.392 e. The van der Waals surface area contributed by atoms with Crippen LogP contribution in [0.15, 0.2) is 0 Å². The summed E-state index contributed by atoms with van der Waals surface area (Å²) in [6.07, 6.45) is 3.53. The summed E-state index contributed by atoms with van der Waals surface area (Å²) in [5.74, 6) is 0. The number of rotatable bonds is 5. The third-order valence-electron chi connectivity index (χ3n) is 3.44. The molecule has 0 radical (unpaired) electrons. The molecule has 1 fully saturated rings. The van der Waals surface area contributed by atoms with Crippen LogP contribution < -0.4 is 0 Å². The van der Waals surface area contributed by atoms with E-state index in [1.807, 2.05) is 0 Å². The third kappa shape index (κ3) is 2.55. The molecule has 1 heterocycles. The SMILES string of the molecule is CCC(C=O)(CC)CN1CCC(O)C1. The summed E-state index contributed by atoms with van der Waals surface area (Å²) in [6, 6.07) is 0. The first-order valence-electron chi connectivity index (χ1n) is 5.52. The predicted octanol–water partition coefficient (Wildman–Crippen LogP) is 1.06. The fourth-order valence-corrected chi connectivity index (χ4v) is 2.08. The quantitative estimate of drug-likeness (QED) is 0.673. The van der Waals surface area contributed by atoms with E-state index >= 15 is 0 Å². The number of carbonyl (C=O) groups is 1. The number of carbonyl (C=O) groups excluding carboxylic acids is 1. The molecule has 1 saturated heterocycles. The van der Waals surface area contributed by atoms with Crippen LogP contribution in [0.3, 0.4) is 0 Å². The first-order chi connectivity index (χ1) is 6.65. The van der Waals surface area contributed by atoms with Crippen molar-refractivity contribution < 1.29 is 9.90 Å². The molecule has 3 nitrogen and oxygen atoms in total. The standard InChI is InChI=1S/C11H21NO2/c1-3-11(4-2,9-13)8-12-6-5-10(14)7-12/h9-10,14H,3-8H2,1-2H3. The highest BCUT2D eigenvalue weighted by Gasteiger charge is 2.31. The molecule has 14 heavy (non-hydrogen) atoms. The first kappa shape index (κ1) is 11.7. The smallest absolute Gasteiger partial charge is 0.127 e. The summed E-state index contributed by atoms with van der Waals surface area (Å²) < 4.78 is 0. The molecule has 0 aromatic heterocycles. The molecule has 1 unspecified atom stereocenters. The van der Waals surface area contributed by atoms with Gasteiger partial charge >= 0.3 is 0 Å². The Kier molecular flexibility index (Phi) is 4.08. The van der Waals surface area contributed by atoms with Crippen molar-refractivity contribution in [2.75, 3.05) is 19.6 Å². The minimum Gasteiger partial charge on any atom is -0.392 e. The molecule has 3 heteroatoms. The Bertz CT molecular complexity index is 190. The normalized spacial score (nSPS) is 24.1. The lowest BCUT2D eigenvalue weighted by Crippen LogP contribution is -2.37. The lowest BCUT2D eigenvalue weighted by Gasteiger charge is -2.30. The van der Waals surface area contributed by atoms with Crippen molar-refractivity contribution in [3.8, 4) is 0 Å². The van der Waals surface area contributed by atoms with Gasteiger partial charge in [-0.15, -0.1) is 0 Å². The van der Waals surface area contributed by atoms with Crippen LogP contribution in [0.4, 0.5) is 0 Å². The van der Waals surface area contributed by atoms with Gasteiger partial charge in [-0.05, 0) is 19.3 Å². The van der Waals surface area contributed by atoms with E-state index in [1.54, 1.807) is 0 Å². The Morgan fingerprint density at radius 3 is 2.50 bits per heavy atom. The second-order valence-electron chi connectivity index (χ2n) is 4.36. The molecule has 0 saturated carbocycles. The Hall–Kier alpha value is -0.410. The van der Waals surface area contributed by atoms with Crippen molar-refractivity contribution in [3.63, 3.8) is 0 Å². The number of aliphatic hydroxyl groups is 1. The Morgan fingerprint density at radius 2 is 2.14 bits per heavy atom. The van der Waals surface area contributed by atoms with Gasteiger partial charge in [0.25, 0.3) is 0 Å². The van der Waals surface area contributed by atoms with Crippen LogP contribution in [-0.2, 0) is 4.79 Å². The lowest BCUT2D eigenvalue weighted by molar-refractivity contribution is -0.117. The number of hydrogen-bond acceptors (Lipinski definition) is 3. The van der Waals surface area contributed by atoms with Crippen molar-refractivity contribution in [1.82, 2.24) is 4.90 Å². The van der Waals surface area contributed by atoms with E-state index in [0.717, 1.165) is 45.2 Å². The molecule has 0 aromatic carbocycles. The summed E-state index contributed by atoms with van der Waals surface area (Å²) in [5, 5.41) is 9.38. The van der Waals surface area contributed by atoms with Crippen molar-refractivity contribution in [2.45, 2.75) is 39.2 Å². The molecule has 1 aliphatic heterocycles. The molecule has 82 valence electrons. The summed E-state index contributed by atoms with van der Waals surface area (Å²) in [7, 11) is 0. The zero-order valence-corrected chi connectivity index (χ0v) is 9.20. The van der Waals surface area contributed by atoms with Gasteiger partial charge in [-0.3, -0.25) is 4.90 Å². The average molecular weight is 199 g/mol. The minimum atomic E-state index is -0.190. The van der Waals surface area contributed by atoms with Crippen LogP contribution in [0, 0.1) is 5.41 Å².